The van der Waals surface area contributed by atoms with Crippen LogP contribution in [0, 0.1) is 0 Å². The zero-order valence-electron chi connectivity index (χ0n) is 27.2. The summed E-state index contributed by atoms with van der Waals surface area (Å²) in [5, 5.41) is 17.1. The van der Waals surface area contributed by atoms with Crippen LogP contribution in [-0.4, -0.2) is 59.2 Å². The lowest BCUT2D eigenvalue weighted by molar-refractivity contribution is -0.139. The first-order valence-electron chi connectivity index (χ1n) is 15.1. The number of fused-ring (bicyclic) bond motifs is 3. The van der Waals surface area contributed by atoms with Gasteiger partial charge in [0.05, 0.1) is 5.69 Å². The average Bonchev–Trinajstić information content (AvgIpc) is 3.28. The number of hydrogen-bond donors (Lipinski definition) is 4. The second-order valence-corrected chi connectivity index (χ2v) is 12.9. The van der Waals surface area contributed by atoms with Crippen molar-refractivity contribution in [3.63, 3.8) is 0 Å². The number of guanidine groups is 1. The zero-order valence-corrected chi connectivity index (χ0v) is 27.2. The van der Waals surface area contributed by atoms with Crippen LogP contribution in [0.2, 0.25) is 0 Å². The van der Waals surface area contributed by atoms with Gasteiger partial charge < -0.3 is 24.6 Å². The van der Waals surface area contributed by atoms with Gasteiger partial charge in [-0.1, -0.05) is 60.7 Å². The number of nitrogens with zero attached hydrogens (tertiary/aromatic N) is 1. The minimum Gasteiger partial charge on any atom is -0.480 e. The van der Waals surface area contributed by atoms with Crippen molar-refractivity contribution in [1.29, 1.82) is 0 Å². The molecule has 47 heavy (non-hydrogen) atoms. The topological polar surface area (TPSA) is 165 Å². The molecule has 0 radical (unpaired) electrons. The van der Waals surface area contributed by atoms with Crippen molar-refractivity contribution in [3.05, 3.63) is 89.5 Å². The van der Waals surface area contributed by atoms with E-state index in [0.29, 0.717) is 11.3 Å². The van der Waals surface area contributed by atoms with Crippen LogP contribution in [0.5, 0.6) is 0 Å². The molecular weight excluding hydrogens is 604 g/mol. The maximum Gasteiger partial charge on any atom is 0.414 e. The number of benzene rings is 3. The van der Waals surface area contributed by atoms with Gasteiger partial charge in [0.1, 0.15) is 23.9 Å². The molecule has 12 heteroatoms. The Morgan fingerprint density at radius 1 is 0.745 bits per heavy atom. The SMILES string of the molecule is CC(C)(C)OC(=O)NC(=Nc1ccc(C[C@H](NC(=O)OCC2c3ccccc3-c3ccccc32)C(=O)O)cc1)NC(=O)OC(C)(C)C. The quantitative estimate of drug-likeness (QED) is 0.133. The minimum absolute atomic E-state index is 0.0390. The lowest BCUT2D eigenvalue weighted by Crippen LogP contribution is -2.47. The number of carbonyl (C=O) groups excluding carboxylic acids is 3. The van der Waals surface area contributed by atoms with Crippen molar-refractivity contribution in [2.75, 3.05) is 6.61 Å². The predicted molar refractivity (Wildman–Crippen MR) is 176 cm³/mol. The summed E-state index contributed by atoms with van der Waals surface area (Å²) in [4.78, 5) is 53.8. The summed E-state index contributed by atoms with van der Waals surface area (Å²) in [6.45, 7) is 10.2. The highest BCUT2D eigenvalue weighted by atomic mass is 16.6. The Balaban J connectivity index is 1.40. The van der Waals surface area contributed by atoms with Crippen LogP contribution >= 0.6 is 0 Å². The molecule has 0 spiro atoms. The van der Waals surface area contributed by atoms with Crippen LogP contribution in [0.3, 0.4) is 0 Å². The van der Waals surface area contributed by atoms with E-state index in [4.69, 9.17) is 14.2 Å². The van der Waals surface area contributed by atoms with E-state index < -0.39 is 41.5 Å². The third-order valence-corrected chi connectivity index (χ3v) is 6.79. The van der Waals surface area contributed by atoms with E-state index >= 15 is 0 Å². The van der Waals surface area contributed by atoms with Crippen LogP contribution in [0.25, 0.3) is 11.1 Å². The summed E-state index contributed by atoms with van der Waals surface area (Å²) in [7, 11) is 0. The second-order valence-electron chi connectivity index (χ2n) is 12.9. The Bertz CT molecular complexity index is 1580. The van der Waals surface area contributed by atoms with Gasteiger partial charge in [-0.3, -0.25) is 10.6 Å². The number of aliphatic carboxylic acids is 1. The van der Waals surface area contributed by atoms with Crippen molar-refractivity contribution in [2.24, 2.45) is 4.99 Å². The Morgan fingerprint density at radius 2 is 1.23 bits per heavy atom. The van der Waals surface area contributed by atoms with Gasteiger partial charge in [0.25, 0.3) is 0 Å². The third-order valence-electron chi connectivity index (χ3n) is 6.79. The third kappa shape index (κ3) is 10.1. The number of hydrogen-bond acceptors (Lipinski definition) is 8. The van der Waals surface area contributed by atoms with E-state index in [9.17, 15) is 24.3 Å². The molecule has 3 aromatic carbocycles. The first-order valence-corrected chi connectivity index (χ1v) is 15.1. The largest absolute Gasteiger partial charge is 0.480 e. The smallest absolute Gasteiger partial charge is 0.414 e. The van der Waals surface area contributed by atoms with E-state index in [1.807, 2.05) is 48.5 Å². The number of aliphatic imine (C=N–C) groups is 1. The van der Waals surface area contributed by atoms with Crippen LogP contribution < -0.4 is 16.0 Å². The Kier molecular flexibility index (Phi) is 10.5. The molecule has 0 aliphatic heterocycles. The van der Waals surface area contributed by atoms with Crippen molar-refractivity contribution < 1.29 is 38.5 Å². The Morgan fingerprint density at radius 3 is 1.70 bits per heavy atom. The van der Waals surface area contributed by atoms with Gasteiger partial charge in [-0.2, -0.15) is 0 Å². The van der Waals surface area contributed by atoms with Gasteiger partial charge in [-0.15, -0.1) is 0 Å². The lowest BCUT2D eigenvalue weighted by atomic mass is 9.98. The maximum absolute atomic E-state index is 12.7. The number of alkyl carbamates (subject to hydrolysis) is 3. The maximum atomic E-state index is 12.7. The summed E-state index contributed by atoms with van der Waals surface area (Å²) in [5.74, 6) is -1.63. The fraction of sp³-hybridized carbons (Fsp3) is 0.343. The van der Waals surface area contributed by atoms with E-state index in [0.717, 1.165) is 22.3 Å². The number of carboxylic acids is 1. The predicted octanol–water partition coefficient (Wildman–Crippen LogP) is 6.26. The molecule has 0 bridgehead atoms. The molecule has 0 unspecified atom stereocenters. The van der Waals surface area contributed by atoms with E-state index in [1.54, 1.807) is 65.8 Å². The molecular formula is C35H40N4O8. The van der Waals surface area contributed by atoms with Gasteiger partial charge >= 0.3 is 24.2 Å². The molecule has 0 aromatic heterocycles. The van der Waals surface area contributed by atoms with Gasteiger partial charge in [-0.05, 0) is 81.5 Å². The molecule has 0 heterocycles. The molecule has 4 N–H and O–H groups in total. The zero-order chi connectivity index (χ0) is 34.4. The number of carboxylic acid groups (broad SMARTS) is 1. The highest BCUT2D eigenvalue weighted by molar-refractivity contribution is 6.02. The van der Waals surface area contributed by atoms with Crippen molar-refractivity contribution in [3.8, 4) is 11.1 Å². The van der Waals surface area contributed by atoms with Gasteiger partial charge in [0.15, 0.2) is 0 Å². The molecule has 0 saturated carbocycles. The average molecular weight is 645 g/mol. The number of nitrogens with one attached hydrogen (secondary N) is 3. The van der Waals surface area contributed by atoms with Gasteiger partial charge in [0.2, 0.25) is 5.96 Å². The summed E-state index contributed by atoms with van der Waals surface area (Å²) in [6, 6.07) is 20.9. The van der Waals surface area contributed by atoms with Crippen molar-refractivity contribution >= 4 is 35.9 Å². The summed E-state index contributed by atoms with van der Waals surface area (Å²) >= 11 is 0. The highest BCUT2D eigenvalue weighted by Gasteiger charge is 2.30. The first kappa shape index (κ1) is 34.5. The van der Waals surface area contributed by atoms with E-state index in [1.165, 1.54) is 0 Å². The normalized spacial score (nSPS) is 12.9. The molecule has 248 valence electrons. The highest BCUT2D eigenvalue weighted by Crippen LogP contribution is 2.44. The summed E-state index contributed by atoms with van der Waals surface area (Å²) in [6.07, 6.45) is -2.56. The Labute approximate surface area is 273 Å². The molecule has 4 rings (SSSR count). The van der Waals surface area contributed by atoms with Gasteiger partial charge in [0, 0.05) is 12.3 Å². The van der Waals surface area contributed by atoms with Crippen LogP contribution in [0.15, 0.2) is 77.8 Å². The van der Waals surface area contributed by atoms with Gasteiger partial charge in [-0.25, -0.2) is 24.2 Å². The minimum atomic E-state index is -1.27. The molecule has 3 amide bonds. The van der Waals surface area contributed by atoms with Crippen molar-refractivity contribution in [2.45, 2.75) is 71.1 Å². The Hall–Kier alpha value is -5.39. The molecule has 1 aliphatic carbocycles. The van der Waals surface area contributed by atoms with Crippen LogP contribution in [-0.2, 0) is 25.4 Å². The first-order chi connectivity index (χ1) is 22.1. The van der Waals surface area contributed by atoms with Crippen LogP contribution in [0.4, 0.5) is 20.1 Å². The molecule has 12 nitrogen and oxygen atoms in total. The second kappa shape index (κ2) is 14.4. The number of rotatable bonds is 7. The molecule has 0 fully saturated rings. The monoisotopic (exact) mass is 644 g/mol. The van der Waals surface area contributed by atoms with E-state index in [-0.39, 0.29) is 24.9 Å². The van der Waals surface area contributed by atoms with E-state index in [2.05, 4.69) is 20.9 Å². The number of ether oxygens (including phenoxy) is 3. The molecule has 1 aliphatic rings. The fourth-order valence-electron chi connectivity index (χ4n) is 4.94. The van der Waals surface area contributed by atoms with Crippen LogP contribution in [0.1, 0.15) is 64.2 Å². The molecule has 1 atom stereocenters. The molecule has 3 aromatic rings. The lowest BCUT2D eigenvalue weighted by Gasteiger charge is -2.22. The standard InChI is InChI=1S/C35H40N4O8/c1-34(2,3)46-32(43)38-30(39-33(44)47-35(4,5)6)36-22-17-15-21(16-18-22)19-28(29(40)41)37-31(42)45-20-27-25-13-9-7-11-23(25)24-12-8-10-14-26(24)27/h7-18,27-28H,19-20H2,1-6H3,(H,37,42)(H,40,41)(H2,36,38,39,43,44)/t28-/m0/s1. The van der Waals surface area contributed by atoms with Crippen molar-refractivity contribution in [1.82, 2.24) is 16.0 Å². The fourth-order valence-corrected chi connectivity index (χ4v) is 4.94. The summed E-state index contributed by atoms with van der Waals surface area (Å²) in [5.41, 5.74) is 3.58. The molecule has 0 saturated heterocycles. The number of carbonyl (C=O) groups is 4. The number of amides is 3. The summed E-state index contributed by atoms with van der Waals surface area (Å²) < 4.78 is 16.0.